The Balaban J connectivity index is 2.51. The lowest BCUT2D eigenvalue weighted by Gasteiger charge is -2.11. The second-order valence-electron chi connectivity index (χ2n) is 3.78. The van der Waals surface area contributed by atoms with E-state index in [1.165, 1.54) is 0 Å². The smallest absolute Gasteiger partial charge is 0.329 e. The van der Waals surface area contributed by atoms with E-state index in [2.05, 4.69) is 5.32 Å². The number of carboxylic acids is 1. The standard InChI is InChI=1S/C13H17NO5/c1-2-7-19-11-6-4-3-5-10(11)14-12(15)8-18-9-13(16)17/h3-6H,2,7-9H2,1H3,(H,14,15)(H,16,17). The molecule has 0 bridgehead atoms. The molecule has 6 nitrogen and oxygen atoms in total. The van der Waals surface area contributed by atoms with Gasteiger partial charge in [0, 0.05) is 0 Å². The predicted molar refractivity (Wildman–Crippen MR) is 69.3 cm³/mol. The number of carbonyl (C=O) groups excluding carboxylic acids is 1. The summed E-state index contributed by atoms with van der Waals surface area (Å²) in [6, 6.07) is 7.04. The fourth-order valence-corrected chi connectivity index (χ4v) is 1.33. The average Bonchev–Trinajstić information content (AvgIpc) is 2.37. The van der Waals surface area contributed by atoms with E-state index >= 15 is 0 Å². The second-order valence-corrected chi connectivity index (χ2v) is 3.78. The fraction of sp³-hybridized carbons (Fsp3) is 0.385. The van der Waals surface area contributed by atoms with Gasteiger partial charge in [0.05, 0.1) is 12.3 Å². The van der Waals surface area contributed by atoms with Crippen LogP contribution in [0.5, 0.6) is 5.75 Å². The molecular formula is C13H17NO5. The molecule has 0 radical (unpaired) electrons. The van der Waals surface area contributed by atoms with Crippen molar-refractivity contribution in [3.05, 3.63) is 24.3 Å². The van der Waals surface area contributed by atoms with Crippen molar-refractivity contribution < 1.29 is 24.2 Å². The Morgan fingerprint density at radius 2 is 2.00 bits per heavy atom. The molecule has 1 aromatic rings. The van der Waals surface area contributed by atoms with Crippen LogP contribution in [0, 0.1) is 0 Å². The summed E-state index contributed by atoms with van der Waals surface area (Å²) in [5.74, 6) is -0.954. The van der Waals surface area contributed by atoms with Crippen molar-refractivity contribution in [2.45, 2.75) is 13.3 Å². The Kier molecular flexibility index (Phi) is 6.38. The Bertz CT molecular complexity index is 433. The van der Waals surface area contributed by atoms with Crippen LogP contribution in [0.2, 0.25) is 0 Å². The van der Waals surface area contributed by atoms with Gasteiger partial charge >= 0.3 is 5.97 Å². The van der Waals surface area contributed by atoms with Crippen LogP contribution in [-0.2, 0) is 14.3 Å². The van der Waals surface area contributed by atoms with Gasteiger partial charge in [-0.25, -0.2) is 4.79 Å². The topological polar surface area (TPSA) is 84.9 Å². The van der Waals surface area contributed by atoms with E-state index in [4.69, 9.17) is 14.6 Å². The van der Waals surface area contributed by atoms with Crippen LogP contribution >= 0.6 is 0 Å². The normalized spacial score (nSPS) is 9.95. The van der Waals surface area contributed by atoms with Crippen molar-refractivity contribution >= 4 is 17.6 Å². The molecule has 0 aromatic heterocycles. The van der Waals surface area contributed by atoms with Crippen molar-refractivity contribution in [1.29, 1.82) is 0 Å². The molecule has 0 saturated carbocycles. The van der Waals surface area contributed by atoms with Crippen LogP contribution < -0.4 is 10.1 Å². The van der Waals surface area contributed by atoms with Crippen LogP contribution in [0.4, 0.5) is 5.69 Å². The summed E-state index contributed by atoms with van der Waals surface area (Å²) in [4.78, 5) is 21.8. The highest BCUT2D eigenvalue weighted by molar-refractivity contribution is 5.93. The highest BCUT2D eigenvalue weighted by Gasteiger charge is 2.08. The molecule has 0 spiro atoms. The number of benzene rings is 1. The maximum absolute atomic E-state index is 11.5. The number of nitrogens with one attached hydrogen (secondary N) is 1. The molecule has 0 heterocycles. The van der Waals surface area contributed by atoms with E-state index < -0.39 is 18.5 Å². The number of ether oxygens (including phenoxy) is 2. The number of amides is 1. The molecule has 19 heavy (non-hydrogen) atoms. The molecule has 1 amide bonds. The van der Waals surface area contributed by atoms with E-state index in [1.54, 1.807) is 18.2 Å². The van der Waals surface area contributed by atoms with Crippen LogP contribution in [-0.4, -0.2) is 36.8 Å². The summed E-state index contributed by atoms with van der Waals surface area (Å²) in [7, 11) is 0. The minimum Gasteiger partial charge on any atom is -0.491 e. The molecule has 0 saturated heterocycles. The first-order valence-corrected chi connectivity index (χ1v) is 5.94. The maximum atomic E-state index is 11.5. The molecule has 2 N–H and O–H groups in total. The number of para-hydroxylation sites is 2. The number of rotatable bonds is 8. The molecule has 0 aliphatic heterocycles. The summed E-state index contributed by atoms with van der Waals surface area (Å²) >= 11 is 0. The quantitative estimate of drug-likeness (QED) is 0.745. The first-order chi connectivity index (χ1) is 9.13. The lowest BCUT2D eigenvalue weighted by molar-refractivity contribution is -0.143. The molecule has 0 aliphatic rings. The Morgan fingerprint density at radius 1 is 1.26 bits per heavy atom. The molecule has 104 valence electrons. The van der Waals surface area contributed by atoms with Crippen LogP contribution in [0.25, 0.3) is 0 Å². The van der Waals surface area contributed by atoms with Gasteiger partial charge in [-0.2, -0.15) is 0 Å². The third kappa shape index (κ3) is 5.87. The molecule has 1 aromatic carbocycles. The van der Waals surface area contributed by atoms with Gasteiger partial charge < -0.3 is 19.9 Å². The van der Waals surface area contributed by atoms with Crippen molar-refractivity contribution in [2.75, 3.05) is 25.1 Å². The molecule has 0 aliphatic carbocycles. The van der Waals surface area contributed by atoms with Crippen LogP contribution in [0.3, 0.4) is 0 Å². The van der Waals surface area contributed by atoms with E-state index in [0.29, 0.717) is 18.0 Å². The summed E-state index contributed by atoms with van der Waals surface area (Å²) in [6.07, 6.45) is 0.865. The van der Waals surface area contributed by atoms with Gasteiger partial charge in [0.25, 0.3) is 0 Å². The largest absolute Gasteiger partial charge is 0.491 e. The monoisotopic (exact) mass is 267 g/mol. The van der Waals surface area contributed by atoms with Gasteiger partial charge in [-0.15, -0.1) is 0 Å². The number of hydrogen-bond acceptors (Lipinski definition) is 4. The SMILES string of the molecule is CCCOc1ccccc1NC(=O)COCC(=O)O. The number of carboxylic acid groups (broad SMARTS) is 1. The van der Waals surface area contributed by atoms with E-state index in [-0.39, 0.29) is 6.61 Å². The lowest BCUT2D eigenvalue weighted by Crippen LogP contribution is -2.21. The number of hydrogen-bond donors (Lipinski definition) is 2. The highest BCUT2D eigenvalue weighted by atomic mass is 16.5. The van der Waals surface area contributed by atoms with E-state index in [0.717, 1.165) is 6.42 Å². The molecule has 0 atom stereocenters. The van der Waals surface area contributed by atoms with Crippen LogP contribution in [0.15, 0.2) is 24.3 Å². The van der Waals surface area contributed by atoms with Gasteiger partial charge in [-0.3, -0.25) is 4.79 Å². The van der Waals surface area contributed by atoms with Crippen molar-refractivity contribution in [1.82, 2.24) is 0 Å². The van der Waals surface area contributed by atoms with Gasteiger partial charge in [0.2, 0.25) is 5.91 Å². The maximum Gasteiger partial charge on any atom is 0.329 e. The average molecular weight is 267 g/mol. The third-order valence-electron chi connectivity index (χ3n) is 2.08. The fourth-order valence-electron chi connectivity index (χ4n) is 1.33. The zero-order valence-corrected chi connectivity index (χ0v) is 10.7. The van der Waals surface area contributed by atoms with Gasteiger partial charge in [-0.1, -0.05) is 19.1 Å². The lowest BCUT2D eigenvalue weighted by atomic mass is 10.3. The first kappa shape index (κ1) is 15.0. The molecule has 1 rings (SSSR count). The van der Waals surface area contributed by atoms with E-state index in [9.17, 15) is 9.59 Å². The predicted octanol–water partition coefficient (Wildman–Crippen LogP) is 1.52. The van der Waals surface area contributed by atoms with Crippen molar-refractivity contribution in [3.63, 3.8) is 0 Å². The van der Waals surface area contributed by atoms with E-state index in [1.807, 2.05) is 13.0 Å². The Hall–Kier alpha value is -2.08. The van der Waals surface area contributed by atoms with Crippen molar-refractivity contribution in [3.8, 4) is 5.75 Å². The molecule has 0 fully saturated rings. The first-order valence-electron chi connectivity index (χ1n) is 5.94. The molecular weight excluding hydrogens is 250 g/mol. The number of anilines is 1. The number of carbonyl (C=O) groups is 2. The second kappa shape index (κ2) is 8.10. The Labute approximate surface area is 111 Å². The third-order valence-corrected chi connectivity index (χ3v) is 2.08. The summed E-state index contributed by atoms with van der Waals surface area (Å²) in [6.45, 7) is 1.74. The minimum atomic E-state index is -1.11. The van der Waals surface area contributed by atoms with Crippen molar-refractivity contribution in [2.24, 2.45) is 0 Å². The summed E-state index contributed by atoms with van der Waals surface area (Å²) in [5, 5.41) is 11.0. The zero-order chi connectivity index (χ0) is 14.1. The van der Waals surface area contributed by atoms with Gasteiger partial charge in [-0.05, 0) is 18.6 Å². The Morgan fingerprint density at radius 3 is 2.68 bits per heavy atom. The van der Waals surface area contributed by atoms with Crippen LogP contribution in [0.1, 0.15) is 13.3 Å². The highest BCUT2D eigenvalue weighted by Crippen LogP contribution is 2.23. The minimum absolute atomic E-state index is 0.311. The molecule has 6 heteroatoms. The van der Waals surface area contributed by atoms with Gasteiger partial charge in [0.15, 0.2) is 0 Å². The van der Waals surface area contributed by atoms with Gasteiger partial charge in [0.1, 0.15) is 19.0 Å². The zero-order valence-electron chi connectivity index (χ0n) is 10.7. The summed E-state index contributed by atoms with van der Waals surface area (Å²) < 4.78 is 10.2. The molecule has 0 unspecified atom stereocenters. The number of aliphatic carboxylic acids is 1. The summed E-state index contributed by atoms with van der Waals surface area (Å²) in [5.41, 5.74) is 0.542.